The van der Waals surface area contributed by atoms with E-state index < -0.39 is 11.5 Å². The van der Waals surface area contributed by atoms with Gasteiger partial charge in [0.15, 0.2) is 0 Å². The van der Waals surface area contributed by atoms with E-state index in [1.165, 1.54) is 15.6 Å². The molecule has 2 heterocycles. The maximum absolute atomic E-state index is 12.2. The molecule has 0 unspecified atom stereocenters. The Morgan fingerprint density at radius 1 is 1.21 bits per heavy atom. The molecule has 0 aliphatic carbocycles. The molecule has 1 aliphatic rings. The number of fused-ring (bicyclic) bond motifs is 1. The molecular formula is C18H21NO3S2. The fraction of sp³-hybridized carbons (Fsp3) is 0.444. The first-order valence-electron chi connectivity index (χ1n) is 8.18. The van der Waals surface area contributed by atoms with E-state index in [9.17, 15) is 14.7 Å². The second-order valence-electron chi connectivity index (χ2n) is 6.16. The Morgan fingerprint density at radius 3 is 2.71 bits per heavy atom. The molecule has 1 saturated heterocycles. The van der Waals surface area contributed by atoms with Crippen LogP contribution >= 0.6 is 23.1 Å². The minimum Gasteiger partial charge on any atom is -0.480 e. The highest BCUT2D eigenvalue weighted by atomic mass is 32.2. The van der Waals surface area contributed by atoms with Crippen molar-refractivity contribution in [1.29, 1.82) is 0 Å². The van der Waals surface area contributed by atoms with Gasteiger partial charge in [-0.25, -0.2) is 4.79 Å². The van der Waals surface area contributed by atoms with Crippen molar-refractivity contribution >= 4 is 45.1 Å². The average molecular weight is 364 g/mol. The Kier molecular flexibility index (Phi) is 5.46. The van der Waals surface area contributed by atoms with Crippen molar-refractivity contribution < 1.29 is 14.7 Å². The van der Waals surface area contributed by atoms with Crippen LogP contribution in [0, 0.1) is 0 Å². The van der Waals surface area contributed by atoms with Crippen molar-refractivity contribution in [1.82, 2.24) is 5.32 Å². The number of carboxylic acid groups (broad SMARTS) is 1. The van der Waals surface area contributed by atoms with Gasteiger partial charge in [-0.3, -0.25) is 4.79 Å². The van der Waals surface area contributed by atoms with Crippen molar-refractivity contribution in [2.24, 2.45) is 0 Å². The summed E-state index contributed by atoms with van der Waals surface area (Å²) in [6.07, 6.45) is 2.96. The van der Waals surface area contributed by atoms with Crippen LogP contribution in [0.2, 0.25) is 0 Å². The van der Waals surface area contributed by atoms with E-state index in [-0.39, 0.29) is 5.91 Å². The highest BCUT2D eigenvalue weighted by Gasteiger charge is 2.40. The minimum atomic E-state index is -1.06. The summed E-state index contributed by atoms with van der Waals surface area (Å²) in [4.78, 5) is 23.8. The zero-order valence-electron chi connectivity index (χ0n) is 13.4. The van der Waals surface area contributed by atoms with E-state index in [4.69, 9.17) is 0 Å². The summed E-state index contributed by atoms with van der Waals surface area (Å²) in [5.41, 5.74) is 0.211. The van der Waals surface area contributed by atoms with E-state index in [1.807, 2.05) is 12.1 Å². The van der Waals surface area contributed by atoms with Gasteiger partial charge in [-0.1, -0.05) is 18.2 Å². The van der Waals surface area contributed by atoms with Gasteiger partial charge < -0.3 is 10.4 Å². The van der Waals surface area contributed by atoms with Crippen LogP contribution in [-0.4, -0.2) is 34.0 Å². The number of amides is 1. The third kappa shape index (κ3) is 3.75. The molecule has 6 heteroatoms. The van der Waals surface area contributed by atoms with Crippen LogP contribution in [-0.2, 0) is 16.0 Å². The fourth-order valence-corrected chi connectivity index (χ4v) is 5.29. The van der Waals surface area contributed by atoms with Gasteiger partial charge in [-0.2, -0.15) is 11.8 Å². The molecule has 2 N–H and O–H groups in total. The molecule has 0 atom stereocenters. The summed E-state index contributed by atoms with van der Waals surface area (Å²) in [6, 6.07) is 8.28. The Hall–Kier alpha value is -1.53. The lowest BCUT2D eigenvalue weighted by atomic mass is 9.92. The zero-order valence-corrected chi connectivity index (χ0v) is 15.0. The molecule has 1 aromatic carbocycles. The Labute approximate surface area is 149 Å². The third-order valence-corrected chi connectivity index (χ3v) is 6.54. The Morgan fingerprint density at radius 2 is 1.96 bits per heavy atom. The predicted molar refractivity (Wildman–Crippen MR) is 99.8 cm³/mol. The Bertz CT molecular complexity index is 735. The number of thioether (sulfide) groups is 1. The zero-order chi connectivity index (χ0) is 17.0. The molecule has 1 aromatic heterocycles. The second-order valence-corrected chi connectivity index (χ2v) is 8.29. The normalized spacial score (nSPS) is 16.8. The number of hydrogen-bond acceptors (Lipinski definition) is 4. The first-order valence-corrected chi connectivity index (χ1v) is 10.2. The number of benzene rings is 1. The predicted octanol–water partition coefficient (Wildman–Crippen LogP) is 3.69. The summed E-state index contributed by atoms with van der Waals surface area (Å²) in [5.74, 6) is 0.518. The largest absolute Gasteiger partial charge is 0.480 e. The number of nitrogens with one attached hydrogen (secondary N) is 1. The highest BCUT2D eigenvalue weighted by Crippen LogP contribution is 2.28. The second kappa shape index (κ2) is 7.57. The lowest BCUT2D eigenvalue weighted by Gasteiger charge is -2.33. The first-order chi connectivity index (χ1) is 11.6. The van der Waals surface area contributed by atoms with Gasteiger partial charge >= 0.3 is 5.97 Å². The number of carbonyl (C=O) groups is 2. The summed E-state index contributed by atoms with van der Waals surface area (Å²) in [5, 5.41) is 15.7. The van der Waals surface area contributed by atoms with E-state index in [2.05, 4.69) is 22.8 Å². The SMILES string of the molecule is O=C(CCCc1csc2ccccc12)NC1(C(=O)O)CCSCC1. The smallest absolute Gasteiger partial charge is 0.329 e. The molecule has 128 valence electrons. The van der Waals surface area contributed by atoms with Crippen molar-refractivity contribution in [3.63, 3.8) is 0 Å². The third-order valence-electron chi connectivity index (χ3n) is 4.55. The van der Waals surface area contributed by atoms with Crippen LogP contribution in [0.5, 0.6) is 0 Å². The van der Waals surface area contributed by atoms with Gasteiger partial charge in [0.05, 0.1) is 0 Å². The van der Waals surface area contributed by atoms with Gasteiger partial charge in [0.2, 0.25) is 5.91 Å². The van der Waals surface area contributed by atoms with Crippen molar-refractivity contribution in [3.8, 4) is 0 Å². The maximum atomic E-state index is 12.2. The number of rotatable bonds is 6. The van der Waals surface area contributed by atoms with E-state index in [0.29, 0.717) is 19.3 Å². The van der Waals surface area contributed by atoms with E-state index in [0.717, 1.165) is 24.3 Å². The first kappa shape index (κ1) is 17.3. The molecular weight excluding hydrogens is 342 g/mol. The van der Waals surface area contributed by atoms with E-state index in [1.54, 1.807) is 23.1 Å². The molecule has 1 amide bonds. The molecule has 24 heavy (non-hydrogen) atoms. The summed E-state index contributed by atoms with van der Waals surface area (Å²) in [7, 11) is 0. The molecule has 1 fully saturated rings. The highest BCUT2D eigenvalue weighted by molar-refractivity contribution is 7.99. The average Bonchev–Trinajstić information content (AvgIpc) is 2.99. The number of thiophene rings is 1. The number of carbonyl (C=O) groups excluding carboxylic acids is 1. The van der Waals surface area contributed by atoms with Gasteiger partial charge in [0, 0.05) is 11.1 Å². The molecule has 0 spiro atoms. The van der Waals surface area contributed by atoms with Crippen LogP contribution in [0.3, 0.4) is 0 Å². The van der Waals surface area contributed by atoms with E-state index >= 15 is 0 Å². The van der Waals surface area contributed by atoms with Gasteiger partial charge in [-0.15, -0.1) is 11.3 Å². The number of carboxylic acids is 1. The topological polar surface area (TPSA) is 66.4 Å². The number of aliphatic carboxylic acids is 1. The van der Waals surface area contributed by atoms with Gasteiger partial charge in [0.25, 0.3) is 0 Å². The maximum Gasteiger partial charge on any atom is 0.329 e. The summed E-state index contributed by atoms with van der Waals surface area (Å²) < 4.78 is 1.27. The van der Waals surface area contributed by atoms with Crippen molar-refractivity contribution in [3.05, 3.63) is 35.2 Å². The van der Waals surface area contributed by atoms with Crippen LogP contribution in [0.15, 0.2) is 29.6 Å². The van der Waals surface area contributed by atoms with Crippen LogP contribution in [0.4, 0.5) is 0 Å². The minimum absolute atomic E-state index is 0.149. The van der Waals surface area contributed by atoms with Crippen LogP contribution in [0.25, 0.3) is 10.1 Å². The molecule has 0 saturated carbocycles. The molecule has 0 bridgehead atoms. The summed E-state index contributed by atoms with van der Waals surface area (Å²) >= 11 is 3.47. The number of aryl methyl sites for hydroxylation is 1. The fourth-order valence-electron chi connectivity index (χ4n) is 3.11. The van der Waals surface area contributed by atoms with Gasteiger partial charge in [-0.05, 0) is 59.6 Å². The van der Waals surface area contributed by atoms with Gasteiger partial charge in [0.1, 0.15) is 5.54 Å². The quantitative estimate of drug-likeness (QED) is 0.821. The molecule has 3 rings (SSSR count). The molecule has 4 nitrogen and oxygen atoms in total. The van der Waals surface area contributed by atoms with Crippen molar-refractivity contribution in [2.45, 2.75) is 37.6 Å². The summed E-state index contributed by atoms with van der Waals surface area (Å²) in [6.45, 7) is 0. The molecule has 1 aliphatic heterocycles. The lowest BCUT2D eigenvalue weighted by molar-refractivity contribution is -0.148. The lowest BCUT2D eigenvalue weighted by Crippen LogP contribution is -2.56. The standard InChI is InChI=1S/C18H21NO3S2/c20-16(19-18(17(21)22)8-10-23-11-9-18)7-3-4-13-12-24-15-6-2-1-5-14(13)15/h1-2,5-6,12H,3-4,7-11H2,(H,19,20)(H,21,22). The number of hydrogen-bond donors (Lipinski definition) is 2. The molecule has 0 radical (unpaired) electrons. The molecule has 2 aromatic rings. The van der Waals surface area contributed by atoms with Crippen LogP contribution in [0.1, 0.15) is 31.2 Å². The van der Waals surface area contributed by atoms with Crippen molar-refractivity contribution in [2.75, 3.05) is 11.5 Å². The monoisotopic (exact) mass is 363 g/mol. The Balaban J connectivity index is 1.54. The van der Waals surface area contributed by atoms with Crippen LogP contribution < -0.4 is 5.32 Å².